The van der Waals surface area contributed by atoms with Gasteiger partial charge in [-0.05, 0) is 70.1 Å². The van der Waals surface area contributed by atoms with E-state index in [9.17, 15) is 0 Å². The maximum absolute atomic E-state index is 5.75. The predicted molar refractivity (Wildman–Crippen MR) is 272 cm³/mol. The Morgan fingerprint density at radius 2 is 0.938 bits per heavy atom. The molecule has 64 heavy (non-hydrogen) atoms. The highest BCUT2D eigenvalue weighted by molar-refractivity contribution is 7.26. The summed E-state index contributed by atoms with van der Waals surface area (Å²) in [6.07, 6.45) is 0. The topological polar surface area (TPSA) is 35.6 Å². The van der Waals surface area contributed by atoms with Gasteiger partial charge in [-0.2, -0.15) is 0 Å². The van der Waals surface area contributed by atoms with Crippen molar-refractivity contribution < 1.29 is 0 Å². The molecule has 14 aromatic rings. The van der Waals surface area contributed by atoms with Crippen LogP contribution in [0.5, 0.6) is 0 Å². The average Bonchev–Trinajstić information content (AvgIpc) is 4.04. The van der Waals surface area contributed by atoms with Gasteiger partial charge >= 0.3 is 0 Å². The van der Waals surface area contributed by atoms with Crippen LogP contribution in [0.15, 0.2) is 200 Å². The molecule has 4 aromatic heterocycles. The second kappa shape index (κ2) is 13.4. The Balaban J connectivity index is 1.21. The maximum atomic E-state index is 5.75. The Kier molecular flexibility index (Phi) is 7.45. The molecule has 0 aliphatic heterocycles. The van der Waals surface area contributed by atoms with Crippen LogP contribution in [-0.2, 0) is 0 Å². The van der Waals surface area contributed by atoms with Gasteiger partial charge in [0.05, 0.1) is 38.0 Å². The smallest absolute Gasteiger partial charge is 0.235 e. The Labute approximate surface area is 371 Å². The van der Waals surface area contributed by atoms with E-state index in [-0.39, 0.29) is 0 Å². The van der Waals surface area contributed by atoms with Crippen LogP contribution in [0.4, 0.5) is 0 Å². The van der Waals surface area contributed by atoms with E-state index in [1.54, 1.807) is 11.3 Å². The number of aromatic nitrogens is 4. The van der Waals surface area contributed by atoms with Crippen molar-refractivity contribution in [3.05, 3.63) is 206 Å². The molecule has 298 valence electrons. The number of nitrogens with zero attached hydrogens (tertiary/aromatic N) is 4. The number of benzene rings is 10. The Hall–Kier alpha value is -8.12. The van der Waals surface area contributed by atoms with Crippen LogP contribution in [0.25, 0.3) is 130 Å². The van der Waals surface area contributed by atoms with Crippen LogP contribution in [0, 0.1) is 6.92 Å². The molecule has 0 saturated carbocycles. The van der Waals surface area contributed by atoms with Crippen LogP contribution in [0.2, 0.25) is 0 Å². The second-order valence-corrected chi connectivity index (χ2v) is 17.9. The number of hydrogen-bond donors (Lipinski definition) is 0. The first kappa shape index (κ1) is 35.5. The SMILES string of the molecule is Cc1ccc(-c2ccccc2)cc1-c1nc(-n2c3ccccc3c3c4c5c6ccccc6c6ccccc6c5n(-c5ccccc5)c4c4ccccc4c32)nc2c1sc1ccccc12. The summed E-state index contributed by atoms with van der Waals surface area (Å²) >= 11 is 1.78. The molecule has 0 aliphatic rings. The van der Waals surface area contributed by atoms with Crippen molar-refractivity contribution in [2.45, 2.75) is 6.92 Å². The van der Waals surface area contributed by atoms with E-state index in [2.05, 4.69) is 216 Å². The fourth-order valence-corrected chi connectivity index (χ4v) is 11.8. The van der Waals surface area contributed by atoms with Gasteiger partial charge in [-0.15, -0.1) is 11.3 Å². The first-order valence-electron chi connectivity index (χ1n) is 21.8. The summed E-state index contributed by atoms with van der Waals surface area (Å²) < 4.78 is 7.20. The molecule has 5 heteroatoms. The molecular formula is C59H36N4S. The average molecular weight is 833 g/mol. The largest absolute Gasteiger partial charge is 0.308 e. The van der Waals surface area contributed by atoms with Crippen molar-refractivity contribution in [2.75, 3.05) is 0 Å². The van der Waals surface area contributed by atoms with Gasteiger partial charge in [-0.3, -0.25) is 4.57 Å². The van der Waals surface area contributed by atoms with Crippen molar-refractivity contribution in [1.82, 2.24) is 19.1 Å². The zero-order valence-electron chi connectivity index (χ0n) is 34.7. The molecular weight excluding hydrogens is 797 g/mol. The first-order chi connectivity index (χ1) is 31.7. The third kappa shape index (κ3) is 4.87. The second-order valence-electron chi connectivity index (χ2n) is 16.9. The van der Waals surface area contributed by atoms with Gasteiger partial charge in [0.25, 0.3) is 0 Å². The van der Waals surface area contributed by atoms with Crippen LogP contribution in [0.3, 0.4) is 0 Å². The zero-order chi connectivity index (χ0) is 42.0. The molecule has 0 fully saturated rings. The molecule has 4 heterocycles. The quantitative estimate of drug-likeness (QED) is 0.166. The lowest BCUT2D eigenvalue weighted by atomic mass is 9.94. The Morgan fingerprint density at radius 3 is 1.67 bits per heavy atom. The normalized spacial score (nSPS) is 12.1. The minimum Gasteiger partial charge on any atom is -0.308 e. The molecule has 14 rings (SSSR count). The molecule has 0 amide bonds. The molecule has 0 unspecified atom stereocenters. The molecule has 0 atom stereocenters. The summed E-state index contributed by atoms with van der Waals surface area (Å²) in [6, 6.07) is 72.7. The van der Waals surface area contributed by atoms with Crippen molar-refractivity contribution in [3.63, 3.8) is 0 Å². The monoisotopic (exact) mass is 832 g/mol. The van der Waals surface area contributed by atoms with Crippen LogP contribution >= 0.6 is 11.3 Å². The predicted octanol–water partition coefficient (Wildman–Crippen LogP) is 16.1. The van der Waals surface area contributed by atoms with Gasteiger partial charge in [-0.25, -0.2) is 9.97 Å². The summed E-state index contributed by atoms with van der Waals surface area (Å²) in [5.41, 5.74) is 12.3. The Bertz CT molecular complexity index is 4250. The molecule has 0 radical (unpaired) electrons. The van der Waals surface area contributed by atoms with Crippen molar-refractivity contribution in [2.24, 2.45) is 0 Å². The van der Waals surface area contributed by atoms with Crippen LogP contribution in [-0.4, -0.2) is 19.1 Å². The number of hydrogen-bond acceptors (Lipinski definition) is 3. The number of thiophene rings is 1. The maximum Gasteiger partial charge on any atom is 0.235 e. The highest BCUT2D eigenvalue weighted by atomic mass is 32.1. The lowest BCUT2D eigenvalue weighted by Gasteiger charge is -2.14. The van der Waals surface area contributed by atoms with Crippen molar-refractivity contribution in [3.8, 4) is 34.0 Å². The summed E-state index contributed by atoms with van der Waals surface area (Å²) in [7, 11) is 0. The van der Waals surface area contributed by atoms with Crippen molar-refractivity contribution >= 4 is 108 Å². The van der Waals surface area contributed by atoms with Gasteiger partial charge < -0.3 is 4.57 Å². The third-order valence-corrected chi connectivity index (χ3v) is 14.6. The van der Waals surface area contributed by atoms with E-state index in [0.29, 0.717) is 5.95 Å². The van der Waals surface area contributed by atoms with Gasteiger partial charge in [-0.1, -0.05) is 170 Å². The zero-order valence-corrected chi connectivity index (χ0v) is 35.6. The van der Waals surface area contributed by atoms with E-state index in [1.807, 2.05) is 0 Å². The minimum absolute atomic E-state index is 0.661. The van der Waals surface area contributed by atoms with Gasteiger partial charge in [0.2, 0.25) is 5.95 Å². The lowest BCUT2D eigenvalue weighted by Crippen LogP contribution is -2.04. The molecule has 10 aromatic carbocycles. The third-order valence-electron chi connectivity index (χ3n) is 13.4. The van der Waals surface area contributed by atoms with Crippen LogP contribution in [0.1, 0.15) is 5.56 Å². The van der Waals surface area contributed by atoms with E-state index in [1.165, 1.54) is 75.3 Å². The lowest BCUT2D eigenvalue weighted by molar-refractivity contribution is 1.02. The molecule has 0 aliphatic carbocycles. The number of rotatable bonds is 4. The highest BCUT2D eigenvalue weighted by Gasteiger charge is 2.28. The standard InChI is InChI=1S/C59H36N4S/c1-35-32-33-37(36-18-4-2-5-19-36)34-47(35)54-58-53(46-29-15-17-31-49(46)64-58)60-59(61-54)63-48-30-16-14-28-45(48)51-52-50-41-24-10-8-22-39(41)40-23-9-11-25-42(40)55(50)62(38-20-6-3-7-21-38)57(52)44-27-13-12-26-43(44)56(51)63/h2-34H,1H3. The van der Waals surface area contributed by atoms with E-state index < -0.39 is 0 Å². The number of aryl methyl sites for hydroxylation is 1. The molecule has 0 saturated heterocycles. The minimum atomic E-state index is 0.661. The first-order valence-corrected chi connectivity index (χ1v) is 22.7. The summed E-state index contributed by atoms with van der Waals surface area (Å²) in [6.45, 7) is 2.20. The molecule has 0 bridgehead atoms. The van der Waals surface area contributed by atoms with E-state index in [4.69, 9.17) is 9.97 Å². The number of fused-ring (bicyclic) bond motifs is 18. The Morgan fingerprint density at radius 1 is 0.406 bits per heavy atom. The van der Waals surface area contributed by atoms with Gasteiger partial charge in [0.1, 0.15) is 0 Å². The molecule has 4 nitrogen and oxygen atoms in total. The summed E-state index contributed by atoms with van der Waals surface area (Å²) in [5.74, 6) is 0.661. The van der Waals surface area contributed by atoms with E-state index in [0.717, 1.165) is 54.5 Å². The summed E-state index contributed by atoms with van der Waals surface area (Å²) in [4.78, 5) is 11.4. The number of para-hydroxylation sites is 2. The van der Waals surface area contributed by atoms with Gasteiger partial charge in [0, 0.05) is 59.0 Å². The summed E-state index contributed by atoms with van der Waals surface area (Å²) in [5, 5.41) is 13.3. The van der Waals surface area contributed by atoms with Crippen LogP contribution < -0.4 is 0 Å². The molecule has 0 spiro atoms. The van der Waals surface area contributed by atoms with Crippen molar-refractivity contribution in [1.29, 1.82) is 0 Å². The van der Waals surface area contributed by atoms with E-state index >= 15 is 0 Å². The fraction of sp³-hybridized carbons (Fsp3) is 0.0169. The highest BCUT2D eigenvalue weighted by Crippen LogP contribution is 2.51. The molecule has 0 N–H and O–H groups in total. The fourth-order valence-electron chi connectivity index (χ4n) is 10.7. The van der Waals surface area contributed by atoms with Gasteiger partial charge in [0.15, 0.2) is 0 Å².